The van der Waals surface area contributed by atoms with Gasteiger partial charge in [0.15, 0.2) is 0 Å². The minimum Gasteiger partial charge on any atom is -0.491 e. The fraction of sp³-hybridized carbons (Fsp3) is 0.600. The third kappa shape index (κ3) is 4.82. The van der Waals surface area contributed by atoms with E-state index in [9.17, 15) is 5.11 Å². The van der Waals surface area contributed by atoms with Gasteiger partial charge in [-0.1, -0.05) is 12.1 Å². The molecule has 2 rings (SSSR count). The summed E-state index contributed by atoms with van der Waals surface area (Å²) < 4.78 is 10.5. The Labute approximate surface area is 114 Å². The van der Waals surface area contributed by atoms with Gasteiger partial charge in [-0.15, -0.1) is 0 Å². The topological polar surface area (TPSA) is 41.9 Å². The lowest BCUT2D eigenvalue weighted by molar-refractivity contribution is 0.0668. The van der Waals surface area contributed by atoms with Gasteiger partial charge in [-0.25, -0.2) is 0 Å². The Morgan fingerprint density at radius 3 is 2.74 bits per heavy atom. The highest BCUT2D eigenvalue weighted by Gasteiger charge is 2.17. The highest BCUT2D eigenvalue weighted by atomic mass is 16.5. The summed E-state index contributed by atoms with van der Waals surface area (Å²) in [5, 5.41) is 9.65. The van der Waals surface area contributed by atoms with Crippen LogP contribution in [0.2, 0.25) is 0 Å². The molecule has 0 spiro atoms. The van der Waals surface area contributed by atoms with Crippen molar-refractivity contribution in [2.24, 2.45) is 0 Å². The Kier molecular flexibility index (Phi) is 5.63. The number of hydrogen-bond donors (Lipinski definition) is 1. The molecular formula is C15H23NO3. The lowest BCUT2D eigenvalue weighted by atomic mass is 10.1. The summed E-state index contributed by atoms with van der Waals surface area (Å²) >= 11 is 0. The zero-order valence-corrected chi connectivity index (χ0v) is 11.5. The second-order valence-electron chi connectivity index (χ2n) is 5.02. The first kappa shape index (κ1) is 14.3. The second kappa shape index (κ2) is 7.48. The minimum absolute atomic E-state index is 0.162. The first-order valence-corrected chi connectivity index (χ1v) is 6.89. The predicted molar refractivity (Wildman–Crippen MR) is 74.3 cm³/mol. The number of β-amino-alcohol motifs (C(OH)–C–C–N with tert-alkyl or cyclic N) is 1. The lowest BCUT2D eigenvalue weighted by Gasteiger charge is -2.29. The third-order valence-corrected chi connectivity index (χ3v) is 3.37. The molecule has 4 nitrogen and oxygen atoms in total. The molecule has 1 aromatic carbocycles. The zero-order chi connectivity index (χ0) is 13.5. The Bertz CT molecular complexity index is 366. The van der Waals surface area contributed by atoms with Crippen LogP contribution in [0.3, 0.4) is 0 Å². The number of hydrogen-bond acceptors (Lipinski definition) is 4. The number of rotatable bonds is 6. The molecule has 1 aliphatic heterocycles. The maximum atomic E-state index is 9.65. The van der Waals surface area contributed by atoms with Crippen LogP contribution >= 0.6 is 0 Å². The van der Waals surface area contributed by atoms with Crippen LogP contribution in [0.5, 0.6) is 5.75 Å². The first-order chi connectivity index (χ1) is 9.28. The second-order valence-corrected chi connectivity index (χ2v) is 5.02. The molecule has 4 heteroatoms. The van der Waals surface area contributed by atoms with E-state index >= 15 is 0 Å². The van der Waals surface area contributed by atoms with Crippen molar-refractivity contribution < 1.29 is 14.6 Å². The molecule has 106 valence electrons. The summed E-state index contributed by atoms with van der Waals surface area (Å²) in [7, 11) is 1.67. The van der Waals surface area contributed by atoms with Crippen molar-refractivity contribution in [3.63, 3.8) is 0 Å². The summed E-state index contributed by atoms with van der Waals surface area (Å²) in [6, 6.07) is 8.16. The number of methoxy groups -OCH3 is 1. The third-order valence-electron chi connectivity index (χ3n) is 3.37. The fourth-order valence-electron chi connectivity index (χ4n) is 2.37. The fourth-order valence-corrected chi connectivity index (χ4v) is 2.37. The Morgan fingerprint density at radius 2 is 2.05 bits per heavy atom. The molecule has 1 saturated heterocycles. The molecule has 1 atom stereocenters. The number of benzene rings is 1. The monoisotopic (exact) mass is 265 g/mol. The van der Waals surface area contributed by atoms with Crippen molar-refractivity contribution in [2.75, 3.05) is 33.4 Å². The molecule has 0 aromatic heterocycles. The van der Waals surface area contributed by atoms with Gasteiger partial charge in [0.1, 0.15) is 12.4 Å². The van der Waals surface area contributed by atoms with E-state index in [4.69, 9.17) is 9.47 Å². The number of ether oxygens (including phenoxy) is 2. The van der Waals surface area contributed by atoms with Gasteiger partial charge in [0.25, 0.3) is 0 Å². The molecule has 0 amide bonds. The highest BCUT2D eigenvalue weighted by molar-refractivity contribution is 5.27. The normalized spacial score (nSPS) is 20.4. The summed E-state index contributed by atoms with van der Waals surface area (Å²) in [4.78, 5) is 2.30. The van der Waals surface area contributed by atoms with Gasteiger partial charge in [0, 0.05) is 20.2 Å². The summed E-state index contributed by atoms with van der Waals surface area (Å²) in [5.41, 5.74) is 1.26. The van der Waals surface area contributed by atoms with Crippen LogP contribution in [0.15, 0.2) is 24.3 Å². The molecule has 1 aliphatic rings. The lowest BCUT2D eigenvalue weighted by Crippen LogP contribution is -2.37. The van der Waals surface area contributed by atoms with Gasteiger partial charge in [0.2, 0.25) is 0 Å². The average Bonchev–Trinajstić information content (AvgIpc) is 2.41. The first-order valence-electron chi connectivity index (χ1n) is 6.89. The van der Waals surface area contributed by atoms with Gasteiger partial charge in [-0.2, -0.15) is 0 Å². The molecule has 1 fully saturated rings. The molecule has 19 heavy (non-hydrogen) atoms. The van der Waals surface area contributed by atoms with Crippen molar-refractivity contribution >= 4 is 0 Å². The number of aliphatic hydroxyl groups is 1. The number of aliphatic hydroxyl groups excluding tert-OH is 1. The largest absolute Gasteiger partial charge is 0.491 e. The molecule has 0 radical (unpaired) electrons. The molecule has 0 aliphatic carbocycles. The number of piperidine rings is 1. The van der Waals surface area contributed by atoms with Gasteiger partial charge in [-0.05, 0) is 37.1 Å². The van der Waals surface area contributed by atoms with E-state index in [0.29, 0.717) is 13.2 Å². The van der Waals surface area contributed by atoms with E-state index in [1.807, 2.05) is 12.1 Å². The summed E-state index contributed by atoms with van der Waals surface area (Å²) in [6.45, 7) is 3.94. The van der Waals surface area contributed by atoms with Crippen LogP contribution in [0, 0.1) is 0 Å². The molecule has 1 N–H and O–H groups in total. The smallest absolute Gasteiger partial charge is 0.119 e. The van der Waals surface area contributed by atoms with Crippen LogP contribution in [-0.2, 0) is 11.3 Å². The zero-order valence-electron chi connectivity index (χ0n) is 11.5. The van der Waals surface area contributed by atoms with Crippen molar-refractivity contribution in [2.45, 2.75) is 25.5 Å². The Balaban J connectivity index is 1.81. The Hall–Kier alpha value is -1.10. The highest BCUT2D eigenvalue weighted by Crippen LogP contribution is 2.16. The standard InChI is InChI=1S/C15H23NO3/c1-18-9-10-19-15-6-4-13(5-7-15)11-16-8-2-3-14(17)12-16/h4-7,14,17H,2-3,8-12H2,1H3. The summed E-state index contributed by atoms with van der Waals surface area (Å²) in [6.07, 6.45) is 1.85. The van der Waals surface area contributed by atoms with Crippen LogP contribution in [0.25, 0.3) is 0 Å². The molecule has 1 unspecified atom stereocenters. The van der Waals surface area contributed by atoms with Crippen LogP contribution < -0.4 is 4.74 Å². The van der Waals surface area contributed by atoms with Crippen molar-refractivity contribution in [1.29, 1.82) is 0 Å². The Morgan fingerprint density at radius 1 is 1.26 bits per heavy atom. The van der Waals surface area contributed by atoms with Gasteiger partial charge < -0.3 is 14.6 Å². The van der Waals surface area contributed by atoms with Crippen molar-refractivity contribution in [3.8, 4) is 5.75 Å². The van der Waals surface area contributed by atoms with E-state index in [1.54, 1.807) is 7.11 Å². The van der Waals surface area contributed by atoms with Crippen molar-refractivity contribution in [1.82, 2.24) is 4.90 Å². The van der Waals surface area contributed by atoms with Gasteiger partial charge >= 0.3 is 0 Å². The molecule has 0 saturated carbocycles. The van der Waals surface area contributed by atoms with Crippen molar-refractivity contribution in [3.05, 3.63) is 29.8 Å². The maximum absolute atomic E-state index is 9.65. The van der Waals surface area contributed by atoms with Gasteiger partial charge in [-0.3, -0.25) is 4.90 Å². The molecular weight excluding hydrogens is 242 g/mol. The average molecular weight is 265 g/mol. The van der Waals surface area contributed by atoms with E-state index < -0.39 is 0 Å². The number of likely N-dealkylation sites (tertiary alicyclic amines) is 1. The van der Waals surface area contributed by atoms with E-state index in [0.717, 1.165) is 38.2 Å². The molecule has 1 aromatic rings. The SMILES string of the molecule is COCCOc1ccc(CN2CCCC(O)C2)cc1. The summed E-state index contributed by atoms with van der Waals surface area (Å²) in [5.74, 6) is 0.875. The van der Waals surface area contributed by atoms with Gasteiger partial charge in [0.05, 0.1) is 12.7 Å². The minimum atomic E-state index is -0.162. The van der Waals surface area contributed by atoms with E-state index in [2.05, 4.69) is 17.0 Å². The predicted octanol–water partition coefficient (Wildman–Crippen LogP) is 1.67. The van der Waals surface area contributed by atoms with Crippen LogP contribution in [0.1, 0.15) is 18.4 Å². The van der Waals surface area contributed by atoms with Crippen LogP contribution in [-0.4, -0.2) is 49.5 Å². The van der Waals surface area contributed by atoms with E-state index in [1.165, 1.54) is 5.56 Å². The van der Waals surface area contributed by atoms with E-state index in [-0.39, 0.29) is 6.10 Å². The maximum Gasteiger partial charge on any atom is 0.119 e. The van der Waals surface area contributed by atoms with Crippen LogP contribution in [0.4, 0.5) is 0 Å². The molecule has 0 bridgehead atoms. The quantitative estimate of drug-likeness (QED) is 0.795. The number of nitrogens with zero attached hydrogens (tertiary/aromatic N) is 1. The molecule has 1 heterocycles.